The average molecular weight is 428 g/mol. The summed E-state index contributed by atoms with van der Waals surface area (Å²) in [6.07, 6.45) is 4.97. The van der Waals surface area contributed by atoms with Gasteiger partial charge in [-0.05, 0) is 49.3 Å². The van der Waals surface area contributed by atoms with Crippen molar-refractivity contribution in [2.24, 2.45) is 0 Å². The molecule has 1 aromatic heterocycles. The Kier molecular flexibility index (Phi) is 7.28. The molecule has 2 aliphatic rings. The lowest BCUT2D eigenvalue weighted by atomic mass is 10.0. The first-order valence-electron chi connectivity index (χ1n) is 11.2. The fourth-order valence-corrected chi connectivity index (χ4v) is 5.48. The van der Waals surface area contributed by atoms with E-state index in [0.29, 0.717) is 18.4 Å². The van der Waals surface area contributed by atoms with Crippen molar-refractivity contribution < 1.29 is 9.53 Å². The van der Waals surface area contributed by atoms with Crippen LogP contribution in [-0.4, -0.2) is 68.1 Å². The van der Waals surface area contributed by atoms with Crippen molar-refractivity contribution in [3.8, 4) is 5.75 Å². The number of hydrogen-bond acceptors (Lipinski definition) is 5. The summed E-state index contributed by atoms with van der Waals surface area (Å²) in [7, 11) is 1.74. The third kappa shape index (κ3) is 5.16. The van der Waals surface area contributed by atoms with Crippen molar-refractivity contribution >= 4 is 22.9 Å². The Bertz CT molecular complexity index is 803. The van der Waals surface area contributed by atoms with E-state index in [0.717, 1.165) is 64.3 Å². The van der Waals surface area contributed by atoms with Crippen LogP contribution in [0.4, 0.5) is 5.69 Å². The summed E-state index contributed by atoms with van der Waals surface area (Å²) >= 11 is 1.79. The number of likely N-dealkylation sites (tertiary alicyclic amines) is 1. The Hall–Kier alpha value is -2.05. The van der Waals surface area contributed by atoms with Crippen LogP contribution in [0.1, 0.15) is 30.6 Å². The monoisotopic (exact) mass is 427 g/mol. The number of amides is 1. The van der Waals surface area contributed by atoms with Gasteiger partial charge >= 0.3 is 0 Å². The number of carbonyl (C=O) groups is 1. The maximum Gasteiger partial charge on any atom is 0.222 e. The molecule has 2 saturated heterocycles. The fraction of sp³-hybridized carbons (Fsp3) is 0.542. The smallest absolute Gasteiger partial charge is 0.222 e. The van der Waals surface area contributed by atoms with Crippen LogP contribution in [0.15, 0.2) is 41.8 Å². The first-order chi connectivity index (χ1) is 14.7. The highest BCUT2D eigenvalue weighted by atomic mass is 32.1. The third-order valence-electron chi connectivity index (χ3n) is 6.40. The van der Waals surface area contributed by atoms with Crippen LogP contribution in [0.2, 0.25) is 0 Å². The lowest BCUT2D eigenvalue weighted by molar-refractivity contribution is -0.133. The Labute approximate surface area is 184 Å². The molecular formula is C24H33N3O2S. The van der Waals surface area contributed by atoms with Gasteiger partial charge in [0.05, 0.1) is 12.8 Å². The molecule has 1 amide bonds. The topological polar surface area (TPSA) is 36.0 Å². The van der Waals surface area contributed by atoms with E-state index in [-0.39, 0.29) is 0 Å². The highest BCUT2D eigenvalue weighted by Gasteiger charge is 2.30. The molecule has 3 heterocycles. The number of aryl methyl sites for hydroxylation is 1. The van der Waals surface area contributed by atoms with Crippen molar-refractivity contribution in [2.45, 2.75) is 38.1 Å². The van der Waals surface area contributed by atoms with Crippen molar-refractivity contribution in [2.75, 3.05) is 51.3 Å². The lowest BCUT2D eigenvalue weighted by Crippen LogP contribution is -2.55. The fourth-order valence-electron chi connectivity index (χ4n) is 4.73. The molecule has 6 heteroatoms. The molecule has 162 valence electrons. The number of hydrogen-bond donors (Lipinski definition) is 0. The molecule has 0 bridgehead atoms. The number of ether oxygens (including phenoxy) is 1. The predicted octanol–water partition coefficient (Wildman–Crippen LogP) is 3.89. The molecule has 2 aliphatic heterocycles. The summed E-state index contributed by atoms with van der Waals surface area (Å²) in [5, 5.41) is 2.11. The molecule has 1 atom stereocenters. The Balaban J connectivity index is 1.25. The van der Waals surface area contributed by atoms with Gasteiger partial charge in [0.15, 0.2) is 0 Å². The summed E-state index contributed by atoms with van der Waals surface area (Å²) in [4.78, 5) is 21.3. The minimum absolute atomic E-state index is 0.337. The van der Waals surface area contributed by atoms with Crippen molar-refractivity contribution in [1.29, 1.82) is 0 Å². The number of nitrogens with zero attached hydrogens (tertiary/aromatic N) is 3. The predicted molar refractivity (Wildman–Crippen MR) is 124 cm³/mol. The van der Waals surface area contributed by atoms with E-state index >= 15 is 0 Å². The number of piperidine rings is 1. The van der Waals surface area contributed by atoms with Crippen molar-refractivity contribution in [1.82, 2.24) is 9.80 Å². The standard InChI is InChI=1S/C24H33N3O2S/c1-29-23-11-3-2-10-22(23)26-16-14-25(15-17-26)20-7-5-13-27(19-20)24(28)12-4-8-21-9-6-18-30-21/h2-3,6,9-11,18,20H,4-5,7-8,12-17,19H2,1H3. The molecule has 0 N–H and O–H groups in total. The molecule has 1 aromatic carbocycles. The molecule has 4 rings (SSSR count). The van der Waals surface area contributed by atoms with Crippen LogP contribution < -0.4 is 9.64 Å². The zero-order valence-corrected chi connectivity index (χ0v) is 18.8. The number of piperazine rings is 1. The van der Waals surface area contributed by atoms with Gasteiger partial charge in [-0.1, -0.05) is 18.2 Å². The van der Waals surface area contributed by atoms with Gasteiger partial charge in [0, 0.05) is 56.6 Å². The van der Waals surface area contributed by atoms with Gasteiger partial charge in [-0.2, -0.15) is 0 Å². The van der Waals surface area contributed by atoms with Gasteiger partial charge in [0.25, 0.3) is 0 Å². The third-order valence-corrected chi connectivity index (χ3v) is 7.34. The summed E-state index contributed by atoms with van der Waals surface area (Å²) in [6, 6.07) is 13.0. The zero-order chi connectivity index (χ0) is 20.8. The first-order valence-corrected chi connectivity index (χ1v) is 12.0. The largest absolute Gasteiger partial charge is 0.495 e. The van der Waals surface area contributed by atoms with Gasteiger partial charge < -0.3 is 14.5 Å². The minimum atomic E-state index is 0.337. The zero-order valence-electron chi connectivity index (χ0n) is 18.0. The summed E-state index contributed by atoms with van der Waals surface area (Å²) in [6.45, 7) is 5.92. The average Bonchev–Trinajstić information content (AvgIpc) is 3.33. The van der Waals surface area contributed by atoms with Crippen LogP contribution in [0, 0.1) is 0 Å². The summed E-state index contributed by atoms with van der Waals surface area (Å²) in [5.74, 6) is 1.28. The van der Waals surface area contributed by atoms with Gasteiger partial charge in [-0.25, -0.2) is 0 Å². The van der Waals surface area contributed by atoms with Gasteiger partial charge in [0.1, 0.15) is 5.75 Å². The molecule has 2 aromatic rings. The Morgan fingerprint density at radius 1 is 1.10 bits per heavy atom. The van der Waals surface area contributed by atoms with Crippen molar-refractivity contribution in [3.05, 3.63) is 46.7 Å². The molecule has 30 heavy (non-hydrogen) atoms. The maximum absolute atomic E-state index is 12.8. The molecule has 0 spiro atoms. The van der Waals surface area contributed by atoms with Gasteiger partial charge in [-0.15, -0.1) is 11.3 Å². The van der Waals surface area contributed by atoms with Crippen LogP contribution in [-0.2, 0) is 11.2 Å². The number of benzene rings is 1. The number of anilines is 1. The number of carbonyl (C=O) groups excluding carboxylic acids is 1. The van der Waals surface area contributed by atoms with E-state index in [4.69, 9.17) is 4.74 Å². The van der Waals surface area contributed by atoms with Crippen LogP contribution in [0.3, 0.4) is 0 Å². The second-order valence-corrected chi connectivity index (χ2v) is 9.30. The Morgan fingerprint density at radius 2 is 1.93 bits per heavy atom. The molecule has 0 aliphatic carbocycles. The molecule has 0 saturated carbocycles. The van der Waals surface area contributed by atoms with E-state index < -0.39 is 0 Å². The SMILES string of the molecule is COc1ccccc1N1CCN(C2CCCN(C(=O)CCCc3cccs3)C2)CC1. The lowest BCUT2D eigenvalue weighted by Gasteiger charge is -2.44. The second kappa shape index (κ2) is 10.3. The molecular weight excluding hydrogens is 394 g/mol. The van der Waals surface area contributed by atoms with E-state index in [2.05, 4.69) is 44.3 Å². The summed E-state index contributed by atoms with van der Waals surface area (Å²) < 4.78 is 5.54. The number of thiophene rings is 1. The van der Waals surface area contributed by atoms with E-state index in [1.54, 1.807) is 18.4 Å². The normalized spacial score (nSPS) is 20.4. The van der Waals surface area contributed by atoms with Crippen LogP contribution in [0.5, 0.6) is 5.75 Å². The number of para-hydroxylation sites is 2. The quantitative estimate of drug-likeness (QED) is 0.672. The molecule has 0 radical (unpaired) electrons. The van der Waals surface area contributed by atoms with Crippen LogP contribution >= 0.6 is 11.3 Å². The minimum Gasteiger partial charge on any atom is -0.495 e. The number of methoxy groups -OCH3 is 1. The van der Waals surface area contributed by atoms with E-state index in [1.165, 1.54) is 17.0 Å². The first kappa shape index (κ1) is 21.2. The molecule has 2 fully saturated rings. The molecule has 1 unspecified atom stereocenters. The van der Waals surface area contributed by atoms with E-state index in [9.17, 15) is 4.79 Å². The second-order valence-electron chi connectivity index (χ2n) is 8.26. The highest BCUT2D eigenvalue weighted by Crippen LogP contribution is 2.29. The van der Waals surface area contributed by atoms with Crippen molar-refractivity contribution in [3.63, 3.8) is 0 Å². The van der Waals surface area contributed by atoms with E-state index in [1.807, 2.05) is 12.1 Å². The van der Waals surface area contributed by atoms with Gasteiger partial charge in [0.2, 0.25) is 5.91 Å². The summed E-state index contributed by atoms with van der Waals surface area (Å²) in [5.41, 5.74) is 1.19. The van der Waals surface area contributed by atoms with Crippen LogP contribution in [0.25, 0.3) is 0 Å². The van der Waals surface area contributed by atoms with Gasteiger partial charge in [-0.3, -0.25) is 9.69 Å². The molecule has 5 nitrogen and oxygen atoms in total. The highest BCUT2D eigenvalue weighted by molar-refractivity contribution is 7.09. The number of rotatable bonds is 7. The maximum atomic E-state index is 12.8. The Morgan fingerprint density at radius 3 is 2.70 bits per heavy atom.